The van der Waals surface area contributed by atoms with E-state index in [0.717, 1.165) is 6.42 Å². The van der Waals surface area contributed by atoms with Crippen LogP contribution < -0.4 is 5.32 Å². The Hall–Kier alpha value is -0.770. The fourth-order valence-corrected chi connectivity index (χ4v) is 2.69. The highest BCUT2D eigenvalue weighted by atomic mass is 79.9. The molecule has 0 spiro atoms. The highest BCUT2D eigenvalue weighted by Gasteiger charge is 2.31. The molecule has 1 aliphatic carbocycles. The molecule has 16 heavy (non-hydrogen) atoms. The van der Waals surface area contributed by atoms with Crippen LogP contribution in [-0.4, -0.2) is 11.9 Å². The highest BCUT2D eigenvalue weighted by molar-refractivity contribution is 9.10. The van der Waals surface area contributed by atoms with E-state index in [1.54, 1.807) is 6.07 Å². The van der Waals surface area contributed by atoms with E-state index in [0.29, 0.717) is 28.1 Å². The van der Waals surface area contributed by atoms with Crippen LogP contribution in [0.15, 0.2) is 21.4 Å². The molecule has 1 amide bonds. The number of furan rings is 1. The van der Waals surface area contributed by atoms with E-state index in [4.69, 9.17) is 4.42 Å². The molecule has 1 aliphatic rings. The highest BCUT2D eigenvalue weighted by Crippen LogP contribution is 2.31. The summed E-state index contributed by atoms with van der Waals surface area (Å²) in [7, 11) is 0. The predicted octanol–water partition coefficient (Wildman–Crippen LogP) is 3.21. The van der Waals surface area contributed by atoms with E-state index in [9.17, 15) is 4.79 Å². The van der Waals surface area contributed by atoms with Crippen molar-refractivity contribution in [3.05, 3.63) is 22.6 Å². The van der Waals surface area contributed by atoms with Crippen molar-refractivity contribution in [3.63, 3.8) is 0 Å². The molecule has 0 bridgehead atoms. The van der Waals surface area contributed by atoms with Crippen molar-refractivity contribution in [1.29, 1.82) is 0 Å². The van der Waals surface area contributed by atoms with Gasteiger partial charge in [0.1, 0.15) is 0 Å². The van der Waals surface area contributed by atoms with Gasteiger partial charge in [0.05, 0.1) is 11.8 Å². The molecule has 1 aromatic rings. The number of rotatable bonds is 2. The summed E-state index contributed by atoms with van der Waals surface area (Å²) in [6.07, 6.45) is 3.78. The minimum Gasteiger partial charge on any atom is -0.457 e. The Morgan fingerprint density at radius 2 is 2.25 bits per heavy atom. The second-order valence-corrected chi connectivity index (χ2v) is 5.32. The van der Waals surface area contributed by atoms with Crippen molar-refractivity contribution in [2.45, 2.75) is 32.7 Å². The summed E-state index contributed by atoms with van der Waals surface area (Å²) in [5.41, 5.74) is 0.576. The van der Waals surface area contributed by atoms with E-state index in [1.165, 1.54) is 12.7 Å². The van der Waals surface area contributed by atoms with E-state index < -0.39 is 0 Å². The van der Waals surface area contributed by atoms with Gasteiger partial charge < -0.3 is 9.73 Å². The van der Waals surface area contributed by atoms with E-state index in [2.05, 4.69) is 35.1 Å². The van der Waals surface area contributed by atoms with Gasteiger partial charge >= 0.3 is 0 Å². The normalized spacial score (nSPS) is 29.3. The number of halogens is 1. The van der Waals surface area contributed by atoms with Gasteiger partial charge in [-0.25, -0.2) is 0 Å². The lowest BCUT2D eigenvalue weighted by atomic mass is 9.98. The number of carbonyl (C=O) groups is 1. The van der Waals surface area contributed by atoms with Gasteiger partial charge in [-0.2, -0.15) is 0 Å². The lowest BCUT2D eigenvalue weighted by Crippen LogP contribution is -2.37. The molecule has 88 valence electrons. The smallest absolute Gasteiger partial charge is 0.255 e. The molecule has 2 rings (SSSR count). The van der Waals surface area contributed by atoms with Gasteiger partial charge in [-0.3, -0.25) is 4.79 Å². The Balaban J connectivity index is 2.01. The maximum atomic E-state index is 11.9. The third-order valence-electron chi connectivity index (χ3n) is 3.64. The summed E-state index contributed by atoms with van der Waals surface area (Å²) in [6, 6.07) is 1.98. The second kappa shape index (κ2) is 4.62. The van der Waals surface area contributed by atoms with Crippen LogP contribution >= 0.6 is 15.9 Å². The Bertz CT molecular complexity index is 388. The minimum absolute atomic E-state index is 0.0495. The number of nitrogens with one attached hydrogen (secondary N) is 1. The molecule has 0 aromatic carbocycles. The van der Waals surface area contributed by atoms with Gasteiger partial charge in [0, 0.05) is 6.04 Å². The van der Waals surface area contributed by atoms with Crippen LogP contribution in [-0.2, 0) is 0 Å². The van der Waals surface area contributed by atoms with E-state index >= 15 is 0 Å². The lowest BCUT2D eigenvalue weighted by molar-refractivity contribution is 0.0925. The summed E-state index contributed by atoms with van der Waals surface area (Å²) in [6.45, 7) is 4.44. The van der Waals surface area contributed by atoms with Gasteiger partial charge in [0.25, 0.3) is 5.91 Å². The number of hydrogen-bond donors (Lipinski definition) is 1. The Morgan fingerprint density at radius 3 is 2.75 bits per heavy atom. The molecule has 0 radical (unpaired) electrons. The zero-order valence-electron chi connectivity index (χ0n) is 9.50. The molecule has 3 unspecified atom stereocenters. The summed E-state index contributed by atoms with van der Waals surface area (Å²) < 4.78 is 5.56. The molecule has 1 N–H and O–H groups in total. The molecular weight excluding hydrogens is 270 g/mol. The van der Waals surface area contributed by atoms with Crippen molar-refractivity contribution < 1.29 is 9.21 Å². The lowest BCUT2D eigenvalue weighted by Gasteiger charge is -2.19. The average molecular weight is 286 g/mol. The number of amides is 1. The quantitative estimate of drug-likeness (QED) is 0.907. The summed E-state index contributed by atoms with van der Waals surface area (Å²) >= 11 is 3.22. The van der Waals surface area contributed by atoms with Crippen molar-refractivity contribution in [1.82, 2.24) is 5.32 Å². The van der Waals surface area contributed by atoms with Gasteiger partial charge in [-0.05, 0) is 46.7 Å². The van der Waals surface area contributed by atoms with Crippen molar-refractivity contribution >= 4 is 21.8 Å². The Morgan fingerprint density at radius 1 is 1.50 bits per heavy atom. The Labute approximate surface area is 104 Å². The summed E-state index contributed by atoms with van der Waals surface area (Å²) in [5.74, 6) is 1.19. The molecule has 0 aliphatic heterocycles. The fourth-order valence-electron chi connectivity index (χ4n) is 2.27. The first-order valence-corrected chi connectivity index (χ1v) is 6.42. The molecule has 1 saturated carbocycles. The van der Waals surface area contributed by atoms with Crippen molar-refractivity contribution in [2.24, 2.45) is 11.8 Å². The summed E-state index contributed by atoms with van der Waals surface area (Å²) in [4.78, 5) is 11.9. The van der Waals surface area contributed by atoms with Crippen molar-refractivity contribution in [3.8, 4) is 0 Å². The van der Waals surface area contributed by atoms with Crippen LogP contribution in [0.3, 0.4) is 0 Å². The Kier molecular flexibility index (Phi) is 3.38. The zero-order chi connectivity index (χ0) is 11.7. The molecule has 0 saturated heterocycles. The van der Waals surface area contributed by atoms with E-state index in [-0.39, 0.29) is 5.91 Å². The maximum Gasteiger partial charge on any atom is 0.255 e. The third kappa shape index (κ3) is 2.17. The number of hydrogen-bond acceptors (Lipinski definition) is 2. The van der Waals surface area contributed by atoms with Crippen LogP contribution in [0.4, 0.5) is 0 Å². The monoisotopic (exact) mass is 285 g/mol. The molecule has 1 fully saturated rings. The average Bonchev–Trinajstić information content (AvgIpc) is 2.79. The molecular formula is C12H16BrNO2. The van der Waals surface area contributed by atoms with Crippen molar-refractivity contribution in [2.75, 3.05) is 0 Å². The van der Waals surface area contributed by atoms with Crippen LogP contribution in [0, 0.1) is 11.8 Å². The van der Waals surface area contributed by atoms with Crippen LogP contribution in [0.1, 0.15) is 37.0 Å². The van der Waals surface area contributed by atoms with Crippen LogP contribution in [0.2, 0.25) is 0 Å². The number of carbonyl (C=O) groups excluding carboxylic acids is 1. The SMILES string of the molecule is CC1CCC(NC(=O)c2ccoc2Br)C1C. The second-order valence-electron chi connectivity index (χ2n) is 4.60. The molecule has 3 atom stereocenters. The minimum atomic E-state index is -0.0495. The maximum absolute atomic E-state index is 11.9. The van der Waals surface area contributed by atoms with E-state index in [1.807, 2.05) is 0 Å². The standard InChI is InChI=1S/C12H16BrNO2/c1-7-3-4-10(8(7)2)14-12(15)9-5-6-16-11(9)13/h5-8,10H,3-4H2,1-2H3,(H,14,15). The fraction of sp³-hybridized carbons (Fsp3) is 0.583. The summed E-state index contributed by atoms with van der Waals surface area (Å²) in [5, 5.41) is 3.07. The third-order valence-corrected chi connectivity index (χ3v) is 4.26. The molecule has 1 heterocycles. The van der Waals surface area contributed by atoms with Gasteiger partial charge in [0.2, 0.25) is 0 Å². The molecule has 4 heteroatoms. The first-order valence-electron chi connectivity index (χ1n) is 5.63. The topological polar surface area (TPSA) is 42.2 Å². The first-order chi connectivity index (χ1) is 7.59. The molecule has 3 nitrogen and oxygen atoms in total. The van der Waals surface area contributed by atoms with Gasteiger partial charge in [0.15, 0.2) is 4.67 Å². The largest absolute Gasteiger partial charge is 0.457 e. The van der Waals surface area contributed by atoms with Crippen LogP contribution in [0.25, 0.3) is 0 Å². The van der Waals surface area contributed by atoms with Gasteiger partial charge in [-0.15, -0.1) is 0 Å². The first kappa shape index (κ1) is 11.7. The van der Waals surface area contributed by atoms with Crippen LogP contribution in [0.5, 0.6) is 0 Å². The zero-order valence-corrected chi connectivity index (χ0v) is 11.1. The predicted molar refractivity (Wildman–Crippen MR) is 65.2 cm³/mol. The van der Waals surface area contributed by atoms with Gasteiger partial charge in [-0.1, -0.05) is 13.8 Å². The molecule has 1 aromatic heterocycles.